The predicted octanol–water partition coefficient (Wildman–Crippen LogP) is 4.07. The van der Waals surface area contributed by atoms with Gasteiger partial charge in [0.2, 0.25) is 0 Å². The van der Waals surface area contributed by atoms with Crippen LogP contribution < -0.4 is 5.90 Å². The molecule has 2 N–H and O–H groups in total. The summed E-state index contributed by atoms with van der Waals surface area (Å²) >= 11 is 0. The Morgan fingerprint density at radius 3 is 2.10 bits per heavy atom. The van der Waals surface area contributed by atoms with Crippen LogP contribution in [0.4, 0.5) is 13.2 Å². The van der Waals surface area contributed by atoms with Crippen molar-refractivity contribution in [2.45, 2.75) is 19.7 Å². The van der Waals surface area contributed by atoms with Crippen LogP contribution in [0.1, 0.15) is 16.7 Å². The van der Waals surface area contributed by atoms with E-state index in [-0.39, 0.29) is 0 Å². The second-order valence-electron chi connectivity index (χ2n) is 4.53. The van der Waals surface area contributed by atoms with Crippen LogP contribution in [-0.2, 0) is 17.6 Å². The summed E-state index contributed by atoms with van der Waals surface area (Å²) < 4.78 is 37.5. The number of alkyl halides is 3. The molecule has 0 bridgehead atoms. The first-order chi connectivity index (χ1) is 9.41. The summed E-state index contributed by atoms with van der Waals surface area (Å²) in [6, 6.07) is 10.7. The average molecular weight is 281 g/mol. The lowest BCUT2D eigenvalue weighted by molar-refractivity contribution is -0.137. The van der Waals surface area contributed by atoms with Crippen molar-refractivity contribution >= 4 is 0 Å². The Morgan fingerprint density at radius 2 is 1.60 bits per heavy atom. The van der Waals surface area contributed by atoms with Crippen molar-refractivity contribution in [1.82, 2.24) is 0 Å². The van der Waals surface area contributed by atoms with E-state index in [1.165, 1.54) is 12.1 Å². The minimum absolute atomic E-state index is 0.305. The van der Waals surface area contributed by atoms with Crippen molar-refractivity contribution in [3.63, 3.8) is 0 Å². The molecule has 0 heterocycles. The fourth-order valence-electron chi connectivity index (χ4n) is 1.98. The SMILES string of the molecule is Cc1cc(-c2ccc(C(F)(F)F)cc2)ccc1CON. The van der Waals surface area contributed by atoms with E-state index in [0.29, 0.717) is 6.61 Å². The van der Waals surface area contributed by atoms with Crippen molar-refractivity contribution < 1.29 is 18.0 Å². The molecule has 5 heteroatoms. The molecule has 0 saturated carbocycles. The number of benzene rings is 2. The zero-order chi connectivity index (χ0) is 14.8. The molecule has 2 aromatic carbocycles. The van der Waals surface area contributed by atoms with Gasteiger partial charge in [-0.3, -0.25) is 4.84 Å². The van der Waals surface area contributed by atoms with E-state index in [9.17, 15) is 13.2 Å². The maximum absolute atomic E-state index is 12.5. The maximum atomic E-state index is 12.5. The lowest BCUT2D eigenvalue weighted by Crippen LogP contribution is -2.04. The van der Waals surface area contributed by atoms with Gasteiger partial charge in [-0.1, -0.05) is 30.3 Å². The fourth-order valence-corrected chi connectivity index (χ4v) is 1.98. The molecule has 2 rings (SSSR count). The number of hydrogen-bond acceptors (Lipinski definition) is 2. The summed E-state index contributed by atoms with van der Waals surface area (Å²) in [6.45, 7) is 2.21. The van der Waals surface area contributed by atoms with E-state index in [0.717, 1.165) is 34.4 Å². The van der Waals surface area contributed by atoms with Crippen LogP contribution in [-0.4, -0.2) is 0 Å². The maximum Gasteiger partial charge on any atom is 0.416 e. The summed E-state index contributed by atoms with van der Waals surface area (Å²) in [6.07, 6.45) is -4.31. The molecule has 2 aromatic rings. The van der Waals surface area contributed by atoms with Crippen LogP contribution in [0.3, 0.4) is 0 Å². The molecule has 0 amide bonds. The van der Waals surface area contributed by atoms with Crippen molar-refractivity contribution in [2.75, 3.05) is 0 Å². The first-order valence-electron chi connectivity index (χ1n) is 6.00. The number of hydrogen-bond donors (Lipinski definition) is 1. The van der Waals surface area contributed by atoms with Gasteiger partial charge in [0.1, 0.15) is 0 Å². The standard InChI is InChI=1S/C15H14F3NO/c1-10-8-12(2-3-13(10)9-20-19)11-4-6-14(7-5-11)15(16,17)18/h2-8H,9,19H2,1H3. The van der Waals surface area contributed by atoms with Gasteiger partial charge in [-0.15, -0.1) is 0 Å². The van der Waals surface area contributed by atoms with Crippen molar-refractivity contribution in [1.29, 1.82) is 0 Å². The van der Waals surface area contributed by atoms with Crippen molar-refractivity contribution in [3.8, 4) is 11.1 Å². The molecule has 0 aliphatic carbocycles. The van der Waals surface area contributed by atoms with E-state index >= 15 is 0 Å². The summed E-state index contributed by atoms with van der Waals surface area (Å²) in [5, 5.41) is 0. The summed E-state index contributed by atoms with van der Waals surface area (Å²) in [5.41, 5.74) is 2.88. The van der Waals surface area contributed by atoms with Crippen LogP contribution in [0.25, 0.3) is 11.1 Å². The Labute approximate surface area is 114 Å². The zero-order valence-electron chi connectivity index (χ0n) is 10.9. The van der Waals surface area contributed by atoms with Gasteiger partial charge in [0.15, 0.2) is 0 Å². The van der Waals surface area contributed by atoms with Gasteiger partial charge in [0, 0.05) is 0 Å². The Morgan fingerprint density at radius 1 is 1.00 bits per heavy atom. The first kappa shape index (κ1) is 14.6. The largest absolute Gasteiger partial charge is 0.416 e. The van der Waals surface area contributed by atoms with Gasteiger partial charge in [0.25, 0.3) is 0 Å². The second-order valence-corrected chi connectivity index (χ2v) is 4.53. The topological polar surface area (TPSA) is 35.2 Å². The lowest BCUT2D eigenvalue weighted by atomic mass is 9.99. The van der Waals surface area contributed by atoms with Gasteiger partial charge in [-0.05, 0) is 41.3 Å². The molecule has 0 radical (unpaired) electrons. The highest BCUT2D eigenvalue weighted by atomic mass is 19.4. The van der Waals surface area contributed by atoms with Crippen LogP contribution in [0.2, 0.25) is 0 Å². The van der Waals surface area contributed by atoms with Gasteiger partial charge < -0.3 is 0 Å². The zero-order valence-corrected chi connectivity index (χ0v) is 10.9. The quantitative estimate of drug-likeness (QED) is 0.861. The molecule has 0 fully saturated rings. The highest BCUT2D eigenvalue weighted by molar-refractivity contribution is 5.65. The molecule has 20 heavy (non-hydrogen) atoms. The minimum atomic E-state index is -4.31. The van der Waals surface area contributed by atoms with Gasteiger partial charge >= 0.3 is 6.18 Å². The second kappa shape index (κ2) is 5.64. The third-order valence-corrected chi connectivity index (χ3v) is 3.13. The molecule has 2 nitrogen and oxygen atoms in total. The molecule has 106 valence electrons. The molecule has 0 unspecified atom stereocenters. The summed E-state index contributed by atoms with van der Waals surface area (Å²) in [4.78, 5) is 4.58. The van der Waals surface area contributed by atoms with Crippen molar-refractivity contribution in [3.05, 3.63) is 59.2 Å². The monoisotopic (exact) mass is 281 g/mol. The molecule has 0 aliphatic rings. The number of nitrogens with two attached hydrogens (primary N) is 1. The number of aryl methyl sites for hydroxylation is 1. The van der Waals surface area contributed by atoms with E-state index in [1.54, 1.807) is 0 Å². The number of halogens is 3. The van der Waals surface area contributed by atoms with E-state index < -0.39 is 11.7 Å². The van der Waals surface area contributed by atoms with Gasteiger partial charge in [-0.2, -0.15) is 13.2 Å². The fraction of sp³-hybridized carbons (Fsp3) is 0.200. The van der Waals surface area contributed by atoms with E-state index in [4.69, 9.17) is 5.90 Å². The smallest absolute Gasteiger partial charge is 0.300 e. The summed E-state index contributed by atoms with van der Waals surface area (Å²) in [5.74, 6) is 5.03. The van der Waals surface area contributed by atoms with Crippen LogP contribution in [0.15, 0.2) is 42.5 Å². The third kappa shape index (κ3) is 3.18. The van der Waals surface area contributed by atoms with Crippen LogP contribution >= 0.6 is 0 Å². The lowest BCUT2D eigenvalue weighted by Gasteiger charge is -2.10. The number of rotatable bonds is 3. The Kier molecular flexibility index (Phi) is 4.11. The molecular formula is C15H14F3NO. The highest BCUT2D eigenvalue weighted by Crippen LogP contribution is 2.31. The third-order valence-electron chi connectivity index (χ3n) is 3.13. The van der Waals surface area contributed by atoms with Crippen LogP contribution in [0.5, 0.6) is 0 Å². The van der Waals surface area contributed by atoms with E-state index in [2.05, 4.69) is 4.84 Å². The van der Waals surface area contributed by atoms with E-state index in [1.807, 2.05) is 25.1 Å². The molecule has 0 aliphatic heterocycles. The van der Waals surface area contributed by atoms with Gasteiger partial charge in [0.05, 0.1) is 12.2 Å². The molecule has 0 atom stereocenters. The van der Waals surface area contributed by atoms with Gasteiger partial charge in [-0.25, -0.2) is 5.90 Å². The summed E-state index contributed by atoms with van der Waals surface area (Å²) in [7, 11) is 0. The normalized spacial score (nSPS) is 11.7. The Balaban J connectivity index is 2.30. The average Bonchev–Trinajstić information content (AvgIpc) is 2.40. The Bertz CT molecular complexity index is 591. The molecule has 0 aromatic heterocycles. The Hall–Kier alpha value is -1.85. The first-order valence-corrected chi connectivity index (χ1v) is 6.00. The molecule has 0 saturated heterocycles. The van der Waals surface area contributed by atoms with Crippen LogP contribution in [0, 0.1) is 6.92 Å². The highest BCUT2D eigenvalue weighted by Gasteiger charge is 2.29. The molecule has 0 spiro atoms. The minimum Gasteiger partial charge on any atom is -0.300 e. The van der Waals surface area contributed by atoms with Crippen molar-refractivity contribution in [2.24, 2.45) is 5.90 Å². The predicted molar refractivity (Wildman–Crippen MR) is 70.6 cm³/mol. The molecular weight excluding hydrogens is 267 g/mol.